The molecule has 0 radical (unpaired) electrons. The van der Waals surface area contributed by atoms with Crippen LogP contribution >= 0.6 is 0 Å². The minimum atomic E-state index is -1.39. The quantitative estimate of drug-likeness (QED) is 0.0878. The predicted octanol–water partition coefficient (Wildman–Crippen LogP) is 1.03. The molecule has 0 spiro atoms. The molecule has 4 unspecified atom stereocenters. The van der Waals surface area contributed by atoms with Gasteiger partial charge in [-0.25, -0.2) is 4.79 Å². The Balaban J connectivity index is 1.50. The van der Waals surface area contributed by atoms with Crippen LogP contribution in [0.3, 0.4) is 0 Å². The molecule has 4 amide bonds. The number of carboxylic acids is 1. The maximum atomic E-state index is 13.7. The molecule has 4 rings (SSSR count). The van der Waals surface area contributed by atoms with Crippen molar-refractivity contribution in [2.45, 2.75) is 56.3 Å². The second-order valence-electron chi connectivity index (χ2n) is 11.3. The van der Waals surface area contributed by atoms with Gasteiger partial charge >= 0.3 is 5.97 Å². The van der Waals surface area contributed by atoms with Gasteiger partial charge in [-0.1, -0.05) is 60.7 Å². The smallest absolute Gasteiger partial charge is 0.326 e. The molecule has 0 saturated heterocycles. The molecule has 0 aliphatic heterocycles. The van der Waals surface area contributed by atoms with E-state index in [1.165, 1.54) is 24.3 Å². The second-order valence-corrected chi connectivity index (χ2v) is 11.3. The molecule has 1 aromatic heterocycles. The average molecular weight is 643 g/mol. The fourth-order valence-corrected chi connectivity index (χ4v) is 5.14. The van der Waals surface area contributed by atoms with Gasteiger partial charge in [0.1, 0.15) is 23.9 Å². The molecule has 0 fully saturated rings. The van der Waals surface area contributed by atoms with E-state index in [0.29, 0.717) is 5.56 Å². The molecular formula is C34H38N6O7. The second kappa shape index (κ2) is 16.0. The molecule has 13 heteroatoms. The molecule has 4 aromatic rings. The molecule has 10 N–H and O–H groups in total. The Hall–Kier alpha value is -5.69. The number of primary amides is 1. The number of aromatic nitrogens is 1. The van der Waals surface area contributed by atoms with E-state index in [2.05, 4.69) is 20.9 Å². The van der Waals surface area contributed by atoms with Crippen molar-refractivity contribution in [3.63, 3.8) is 0 Å². The molecule has 0 bridgehead atoms. The first-order valence-corrected chi connectivity index (χ1v) is 15.0. The number of nitrogens with one attached hydrogen (secondary N) is 4. The Kier molecular flexibility index (Phi) is 11.7. The number of amides is 4. The van der Waals surface area contributed by atoms with E-state index in [1.807, 2.05) is 24.3 Å². The highest BCUT2D eigenvalue weighted by molar-refractivity contribution is 5.95. The number of aromatic amines is 1. The lowest BCUT2D eigenvalue weighted by molar-refractivity contribution is -0.142. The summed E-state index contributed by atoms with van der Waals surface area (Å²) < 4.78 is 0. The van der Waals surface area contributed by atoms with Crippen LogP contribution in [0.2, 0.25) is 0 Å². The molecular weight excluding hydrogens is 604 g/mol. The zero-order chi connectivity index (χ0) is 33.9. The van der Waals surface area contributed by atoms with Crippen LogP contribution in [0.15, 0.2) is 85.1 Å². The van der Waals surface area contributed by atoms with Crippen LogP contribution in [0.1, 0.15) is 29.5 Å². The summed E-state index contributed by atoms with van der Waals surface area (Å²) in [6.45, 7) is 0. The fourth-order valence-electron chi connectivity index (χ4n) is 5.14. The highest BCUT2D eigenvalue weighted by atomic mass is 16.4. The van der Waals surface area contributed by atoms with Gasteiger partial charge in [0.25, 0.3) is 0 Å². The van der Waals surface area contributed by atoms with Crippen molar-refractivity contribution in [1.29, 1.82) is 0 Å². The van der Waals surface area contributed by atoms with Crippen molar-refractivity contribution in [1.82, 2.24) is 20.9 Å². The van der Waals surface area contributed by atoms with Crippen LogP contribution in [0.25, 0.3) is 10.9 Å². The van der Waals surface area contributed by atoms with Crippen molar-refractivity contribution in [2.75, 3.05) is 0 Å². The third kappa shape index (κ3) is 9.90. The molecule has 246 valence electrons. The molecule has 3 aromatic carbocycles. The van der Waals surface area contributed by atoms with E-state index < -0.39 is 53.8 Å². The van der Waals surface area contributed by atoms with Crippen LogP contribution in [0, 0.1) is 0 Å². The summed E-state index contributed by atoms with van der Waals surface area (Å²) in [4.78, 5) is 67.1. The van der Waals surface area contributed by atoms with Gasteiger partial charge in [-0.2, -0.15) is 0 Å². The summed E-state index contributed by atoms with van der Waals surface area (Å²) in [6, 6.07) is 17.4. The third-order valence-electron chi connectivity index (χ3n) is 7.67. The van der Waals surface area contributed by atoms with Crippen molar-refractivity contribution >= 4 is 40.5 Å². The van der Waals surface area contributed by atoms with E-state index in [0.717, 1.165) is 22.0 Å². The van der Waals surface area contributed by atoms with Crippen molar-refractivity contribution in [3.8, 4) is 5.75 Å². The summed E-state index contributed by atoms with van der Waals surface area (Å²) in [6.07, 6.45) is 1.42. The normalized spacial score (nSPS) is 13.6. The Morgan fingerprint density at radius 3 is 1.96 bits per heavy atom. The van der Waals surface area contributed by atoms with Gasteiger partial charge in [0.2, 0.25) is 23.6 Å². The summed E-state index contributed by atoms with van der Waals surface area (Å²) in [5.41, 5.74) is 14.6. The summed E-state index contributed by atoms with van der Waals surface area (Å²) in [5, 5.41) is 27.9. The molecule has 47 heavy (non-hydrogen) atoms. The van der Waals surface area contributed by atoms with E-state index >= 15 is 0 Å². The van der Waals surface area contributed by atoms with Crippen molar-refractivity contribution < 1.29 is 34.2 Å². The first-order chi connectivity index (χ1) is 22.5. The van der Waals surface area contributed by atoms with Crippen LogP contribution in [0.5, 0.6) is 5.75 Å². The lowest BCUT2D eigenvalue weighted by atomic mass is 10.0. The topological polar surface area (TPSA) is 230 Å². The number of carbonyl (C=O) groups is 5. The van der Waals surface area contributed by atoms with Gasteiger partial charge in [-0.05, 0) is 47.7 Å². The van der Waals surface area contributed by atoms with Gasteiger partial charge in [-0.3, -0.25) is 19.2 Å². The first kappa shape index (κ1) is 34.2. The summed E-state index contributed by atoms with van der Waals surface area (Å²) in [5.74, 6) is -4.25. The Bertz CT molecular complexity index is 1710. The van der Waals surface area contributed by atoms with Crippen LogP contribution in [-0.4, -0.2) is 69.0 Å². The fraction of sp³-hybridized carbons (Fsp3) is 0.265. The van der Waals surface area contributed by atoms with E-state index in [-0.39, 0.29) is 37.9 Å². The van der Waals surface area contributed by atoms with Gasteiger partial charge in [0, 0.05) is 36.4 Å². The number of hydrogen-bond acceptors (Lipinski definition) is 7. The lowest BCUT2D eigenvalue weighted by Crippen LogP contribution is -2.58. The van der Waals surface area contributed by atoms with E-state index in [1.54, 1.807) is 36.5 Å². The number of fused-ring (bicyclic) bond motifs is 1. The highest BCUT2D eigenvalue weighted by Crippen LogP contribution is 2.19. The number of para-hydroxylation sites is 1. The number of H-pyrrole nitrogens is 1. The van der Waals surface area contributed by atoms with E-state index in [4.69, 9.17) is 11.5 Å². The molecule has 13 nitrogen and oxygen atoms in total. The van der Waals surface area contributed by atoms with Crippen molar-refractivity contribution in [2.24, 2.45) is 11.5 Å². The first-order valence-electron chi connectivity index (χ1n) is 15.0. The van der Waals surface area contributed by atoms with Crippen LogP contribution in [-0.2, 0) is 43.2 Å². The summed E-state index contributed by atoms with van der Waals surface area (Å²) in [7, 11) is 0. The number of hydrogen-bond donors (Lipinski definition) is 8. The number of phenolic OH excluding ortho intramolecular Hbond substituents is 1. The van der Waals surface area contributed by atoms with Gasteiger partial charge in [-0.15, -0.1) is 0 Å². The maximum Gasteiger partial charge on any atom is 0.326 e. The molecule has 0 aliphatic carbocycles. The number of benzene rings is 3. The summed E-state index contributed by atoms with van der Waals surface area (Å²) >= 11 is 0. The Morgan fingerprint density at radius 1 is 0.702 bits per heavy atom. The average Bonchev–Trinajstić information content (AvgIpc) is 3.46. The van der Waals surface area contributed by atoms with Crippen LogP contribution in [0.4, 0.5) is 0 Å². The van der Waals surface area contributed by atoms with Crippen molar-refractivity contribution in [3.05, 3.63) is 102 Å². The highest BCUT2D eigenvalue weighted by Gasteiger charge is 2.31. The maximum absolute atomic E-state index is 13.7. The lowest BCUT2D eigenvalue weighted by Gasteiger charge is -2.25. The molecule has 1 heterocycles. The third-order valence-corrected chi connectivity index (χ3v) is 7.67. The standard InChI is InChI=1S/C34H38N6O7/c35-25(18-22-19-37-26-9-5-4-8-24(22)26)31(43)39-28(16-20-6-2-1-3-7-20)33(45)38-27(14-15-30(36)42)32(44)40-29(34(46)47)17-21-10-12-23(41)13-11-21/h1-13,19,25,27-29,37,41H,14-18,35H2,(H2,36,42)(H,38,45)(H,39,43)(H,40,44)(H,46,47). The molecule has 0 aliphatic rings. The number of phenols is 1. The van der Waals surface area contributed by atoms with Gasteiger partial charge in [0.15, 0.2) is 0 Å². The van der Waals surface area contributed by atoms with Crippen LogP contribution < -0.4 is 27.4 Å². The van der Waals surface area contributed by atoms with Gasteiger partial charge in [0.05, 0.1) is 6.04 Å². The monoisotopic (exact) mass is 642 g/mol. The SMILES string of the molecule is NC(=O)CCC(NC(=O)C(Cc1ccccc1)NC(=O)C(N)Cc1c[nH]c2ccccc12)C(=O)NC(Cc1ccc(O)cc1)C(=O)O. The minimum absolute atomic E-state index is 0.00467. The minimum Gasteiger partial charge on any atom is -0.508 e. The molecule has 4 atom stereocenters. The number of carboxylic acid groups (broad SMARTS) is 1. The number of rotatable bonds is 16. The Labute approximate surface area is 270 Å². The zero-order valence-corrected chi connectivity index (χ0v) is 25.5. The number of aromatic hydroxyl groups is 1. The van der Waals surface area contributed by atoms with E-state index in [9.17, 15) is 34.2 Å². The number of carbonyl (C=O) groups excluding carboxylic acids is 4. The number of aliphatic carboxylic acids is 1. The zero-order valence-electron chi connectivity index (χ0n) is 25.5. The predicted molar refractivity (Wildman–Crippen MR) is 174 cm³/mol. The largest absolute Gasteiger partial charge is 0.508 e. The van der Waals surface area contributed by atoms with Gasteiger partial charge < -0.3 is 42.6 Å². The molecule has 0 saturated carbocycles. The number of nitrogens with two attached hydrogens (primary N) is 2. The Morgan fingerprint density at radius 2 is 1.28 bits per heavy atom.